The number of hydrogen-bond donors (Lipinski definition) is 1. The third kappa shape index (κ3) is 3.26. The quantitative estimate of drug-likeness (QED) is 0.929. The number of benzene rings is 1. The fourth-order valence-corrected chi connectivity index (χ4v) is 3.80. The van der Waals surface area contributed by atoms with Crippen LogP contribution in [0.5, 0.6) is 0 Å². The molecule has 22 heavy (non-hydrogen) atoms. The number of hydrogen-bond acceptors (Lipinski definition) is 2. The van der Waals surface area contributed by atoms with E-state index >= 15 is 0 Å². The topological polar surface area (TPSA) is 32.3 Å². The first-order chi connectivity index (χ1) is 10.6. The number of halogens is 1. The molecule has 1 saturated carbocycles. The Bertz CT molecular complexity index is 546. The van der Waals surface area contributed by atoms with Gasteiger partial charge in [0.2, 0.25) is 5.91 Å². The number of nitrogens with one attached hydrogen (secondary N) is 1. The van der Waals surface area contributed by atoms with E-state index in [9.17, 15) is 9.18 Å². The minimum atomic E-state index is -0.212. The van der Waals surface area contributed by atoms with E-state index < -0.39 is 0 Å². The van der Waals surface area contributed by atoms with Crippen LogP contribution in [-0.2, 0) is 11.2 Å². The van der Waals surface area contributed by atoms with Gasteiger partial charge in [0, 0.05) is 12.6 Å². The fraction of sp³-hybridized carbons (Fsp3) is 0.611. The summed E-state index contributed by atoms with van der Waals surface area (Å²) in [6.07, 6.45) is 6.58. The number of carbonyl (C=O) groups excluding carboxylic acids is 1. The lowest BCUT2D eigenvalue weighted by Crippen LogP contribution is -2.46. The molecular weight excluding hydrogens is 279 g/mol. The predicted octanol–water partition coefficient (Wildman–Crippen LogP) is 3.27. The zero-order chi connectivity index (χ0) is 15.5. The van der Waals surface area contributed by atoms with Gasteiger partial charge in [0.15, 0.2) is 0 Å². The fourth-order valence-electron chi connectivity index (χ4n) is 3.80. The zero-order valence-electron chi connectivity index (χ0n) is 13.3. The maximum absolute atomic E-state index is 14.1. The molecule has 0 saturated heterocycles. The van der Waals surface area contributed by atoms with Gasteiger partial charge in [0.25, 0.3) is 0 Å². The van der Waals surface area contributed by atoms with E-state index in [4.69, 9.17) is 0 Å². The molecule has 2 atom stereocenters. The van der Waals surface area contributed by atoms with Crippen LogP contribution in [0.25, 0.3) is 0 Å². The highest BCUT2D eigenvalue weighted by Gasteiger charge is 2.26. The Morgan fingerprint density at radius 1 is 1.32 bits per heavy atom. The molecule has 0 unspecified atom stereocenters. The molecule has 1 aromatic carbocycles. The Balaban J connectivity index is 1.65. The molecule has 0 bridgehead atoms. The van der Waals surface area contributed by atoms with Crippen molar-refractivity contribution in [2.45, 2.75) is 51.5 Å². The summed E-state index contributed by atoms with van der Waals surface area (Å²) in [7, 11) is 0. The van der Waals surface area contributed by atoms with Gasteiger partial charge in [-0.25, -0.2) is 4.39 Å². The van der Waals surface area contributed by atoms with Gasteiger partial charge < -0.3 is 10.2 Å². The number of rotatable bonds is 3. The number of anilines is 1. The van der Waals surface area contributed by atoms with Crippen molar-refractivity contribution in [2.24, 2.45) is 5.92 Å². The first-order valence-electron chi connectivity index (χ1n) is 8.47. The van der Waals surface area contributed by atoms with Crippen LogP contribution in [0.3, 0.4) is 0 Å². The largest absolute Gasteiger partial charge is 0.360 e. The van der Waals surface area contributed by atoms with Crippen LogP contribution >= 0.6 is 0 Å². The van der Waals surface area contributed by atoms with E-state index in [1.54, 1.807) is 6.07 Å². The first kappa shape index (κ1) is 15.3. The van der Waals surface area contributed by atoms with E-state index in [2.05, 4.69) is 12.2 Å². The molecule has 1 aliphatic heterocycles. The number of para-hydroxylation sites is 1. The van der Waals surface area contributed by atoms with Crippen LogP contribution in [0.15, 0.2) is 18.2 Å². The Kier molecular flexibility index (Phi) is 4.65. The van der Waals surface area contributed by atoms with Gasteiger partial charge in [-0.3, -0.25) is 4.79 Å². The maximum Gasteiger partial charge on any atom is 0.239 e. The molecule has 0 radical (unpaired) electrons. The SMILES string of the molecule is C[C@@H]1CCCC[C@@H]1NC(=O)CN1CCCc2cccc(F)c21. The van der Waals surface area contributed by atoms with Crippen LogP contribution in [0.2, 0.25) is 0 Å². The number of nitrogens with zero attached hydrogens (tertiary/aromatic N) is 1. The number of amides is 1. The van der Waals surface area contributed by atoms with Crippen molar-refractivity contribution in [3.8, 4) is 0 Å². The molecule has 120 valence electrons. The standard InChI is InChI=1S/C18H25FN2O/c1-13-6-2-3-10-16(13)20-17(22)12-21-11-5-8-14-7-4-9-15(19)18(14)21/h4,7,9,13,16H,2-3,5-6,8,10-12H2,1H3,(H,20,22)/t13-,16+/m1/s1. The second-order valence-corrected chi connectivity index (χ2v) is 6.71. The van der Waals surface area contributed by atoms with Crippen LogP contribution in [0, 0.1) is 11.7 Å². The van der Waals surface area contributed by atoms with Crippen molar-refractivity contribution in [3.05, 3.63) is 29.6 Å². The van der Waals surface area contributed by atoms with E-state index in [1.165, 1.54) is 25.3 Å². The van der Waals surface area contributed by atoms with Crippen molar-refractivity contribution >= 4 is 11.6 Å². The summed E-state index contributed by atoms with van der Waals surface area (Å²) < 4.78 is 14.1. The molecule has 0 spiro atoms. The summed E-state index contributed by atoms with van der Waals surface area (Å²) in [5.41, 5.74) is 1.64. The van der Waals surface area contributed by atoms with Crippen molar-refractivity contribution < 1.29 is 9.18 Å². The van der Waals surface area contributed by atoms with E-state index in [0.717, 1.165) is 31.4 Å². The van der Waals surface area contributed by atoms with Crippen molar-refractivity contribution in [2.75, 3.05) is 18.0 Å². The van der Waals surface area contributed by atoms with Gasteiger partial charge in [-0.1, -0.05) is 31.9 Å². The van der Waals surface area contributed by atoms with Gasteiger partial charge in [-0.2, -0.15) is 0 Å². The van der Waals surface area contributed by atoms with Gasteiger partial charge in [-0.05, 0) is 43.2 Å². The zero-order valence-corrected chi connectivity index (χ0v) is 13.3. The monoisotopic (exact) mass is 304 g/mol. The highest BCUT2D eigenvalue weighted by molar-refractivity contribution is 5.82. The van der Waals surface area contributed by atoms with Crippen LogP contribution in [-0.4, -0.2) is 25.0 Å². The van der Waals surface area contributed by atoms with Gasteiger partial charge in [-0.15, -0.1) is 0 Å². The molecule has 1 aliphatic carbocycles. The molecule has 0 aromatic heterocycles. The molecule has 1 heterocycles. The molecular formula is C18H25FN2O. The Hall–Kier alpha value is -1.58. The van der Waals surface area contributed by atoms with E-state index in [0.29, 0.717) is 11.6 Å². The molecule has 3 nitrogen and oxygen atoms in total. The highest BCUT2D eigenvalue weighted by atomic mass is 19.1. The van der Waals surface area contributed by atoms with Crippen molar-refractivity contribution in [3.63, 3.8) is 0 Å². The van der Waals surface area contributed by atoms with Gasteiger partial charge in [0.1, 0.15) is 5.82 Å². The number of aryl methyl sites for hydroxylation is 1. The average molecular weight is 304 g/mol. The highest BCUT2D eigenvalue weighted by Crippen LogP contribution is 2.29. The van der Waals surface area contributed by atoms with Gasteiger partial charge in [0.05, 0.1) is 12.2 Å². The number of fused-ring (bicyclic) bond motifs is 1. The lowest BCUT2D eigenvalue weighted by Gasteiger charge is -2.33. The normalized spacial score (nSPS) is 24.7. The minimum Gasteiger partial charge on any atom is -0.360 e. The summed E-state index contributed by atoms with van der Waals surface area (Å²) in [5.74, 6) is 0.356. The van der Waals surface area contributed by atoms with Crippen LogP contribution in [0.1, 0.15) is 44.6 Å². The first-order valence-corrected chi connectivity index (χ1v) is 8.47. The van der Waals surface area contributed by atoms with Crippen LogP contribution < -0.4 is 10.2 Å². The Morgan fingerprint density at radius 3 is 2.95 bits per heavy atom. The predicted molar refractivity (Wildman–Crippen MR) is 86.5 cm³/mol. The molecule has 1 fully saturated rings. The summed E-state index contributed by atoms with van der Waals surface area (Å²) in [5, 5.41) is 3.16. The summed E-state index contributed by atoms with van der Waals surface area (Å²) >= 11 is 0. The maximum atomic E-state index is 14.1. The molecule has 1 amide bonds. The van der Waals surface area contributed by atoms with E-state index in [-0.39, 0.29) is 24.3 Å². The van der Waals surface area contributed by atoms with E-state index in [1.807, 2.05) is 11.0 Å². The Labute approximate surface area is 131 Å². The molecule has 2 aliphatic rings. The third-order valence-electron chi connectivity index (χ3n) is 5.05. The van der Waals surface area contributed by atoms with Crippen LogP contribution in [0.4, 0.5) is 10.1 Å². The summed E-state index contributed by atoms with van der Waals surface area (Å²) in [6.45, 7) is 3.22. The summed E-state index contributed by atoms with van der Waals surface area (Å²) in [4.78, 5) is 14.3. The minimum absolute atomic E-state index is 0.0230. The second-order valence-electron chi connectivity index (χ2n) is 6.71. The van der Waals surface area contributed by atoms with Crippen molar-refractivity contribution in [1.29, 1.82) is 0 Å². The lowest BCUT2D eigenvalue weighted by molar-refractivity contribution is -0.121. The smallest absolute Gasteiger partial charge is 0.239 e. The average Bonchev–Trinajstić information content (AvgIpc) is 2.50. The molecule has 1 aromatic rings. The van der Waals surface area contributed by atoms with Gasteiger partial charge >= 0.3 is 0 Å². The molecule has 4 heteroatoms. The second kappa shape index (κ2) is 6.67. The molecule has 3 rings (SSSR count). The summed E-state index contributed by atoms with van der Waals surface area (Å²) in [6, 6.07) is 5.48. The van der Waals surface area contributed by atoms with Crippen molar-refractivity contribution in [1.82, 2.24) is 5.32 Å². The number of carbonyl (C=O) groups is 1. The molecule has 1 N–H and O–H groups in total. The lowest BCUT2D eigenvalue weighted by atomic mass is 9.86. The third-order valence-corrected chi connectivity index (χ3v) is 5.05. The Morgan fingerprint density at radius 2 is 2.14 bits per heavy atom.